The summed E-state index contributed by atoms with van der Waals surface area (Å²) in [6, 6.07) is 0. The van der Waals surface area contributed by atoms with Crippen LogP contribution in [-0.4, -0.2) is 35.2 Å². The Labute approximate surface area is 94.8 Å². The maximum atomic E-state index is 11.7. The van der Waals surface area contributed by atoms with Crippen LogP contribution in [0.3, 0.4) is 0 Å². The molecule has 0 radical (unpaired) electrons. The molecule has 1 fully saturated rings. The molecular formula is C11H17N3O2. The molecule has 2 rings (SSSR count). The van der Waals surface area contributed by atoms with Crippen LogP contribution in [0.15, 0.2) is 12.5 Å². The summed E-state index contributed by atoms with van der Waals surface area (Å²) in [6.45, 7) is 3.61. The van der Waals surface area contributed by atoms with Gasteiger partial charge < -0.3 is 14.6 Å². The number of aromatic nitrogens is 2. The normalized spacial score (nSPS) is 17.9. The van der Waals surface area contributed by atoms with Gasteiger partial charge in [0.1, 0.15) is 0 Å². The van der Waals surface area contributed by atoms with Crippen LogP contribution in [0.4, 0.5) is 0 Å². The van der Waals surface area contributed by atoms with Crippen LogP contribution in [0.1, 0.15) is 12.6 Å². The molecule has 1 amide bonds. The Morgan fingerprint density at radius 1 is 1.69 bits per heavy atom. The maximum absolute atomic E-state index is 11.7. The van der Waals surface area contributed by atoms with E-state index >= 15 is 0 Å². The van der Waals surface area contributed by atoms with Crippen molar-refractivity contribution in [3.05, 3.63) is 18.2 Å². The molecule has 1 saturated heterocycles. The van der Waals surface area contributed by atoms with Gasteiger partial charge in [0.2, 0.25) is 5.91 Å². The van der Waals surface area contributed by atoms with Crippen LogP contribution >= 0.6 is 0 Å². The second-order valence-corrected chi connectivity index (χ2v) is 4.59. The van der Waals surface area contributed by atoms with Crippen LogP contribution < -0.4 is 5.32 Å². The summed E-state index contributed by atoms with van der Waals surface area (Å²) >= 11 is 0. The molecule has 5 nitrogen and oxygen atoms in total. The molecule has 0 aromatic carbocycles. The van der Waals surface area contributed by atoms with Gasteiger partial charge in [0.15, 0.2) is 0 Å². The lowest BCUT2D eigenvalue weighted by atomic mass is 9.87. The average Bonchev–Trinajstić information content (AvgIpc) is 2.60. The minimum atomic E-state index is -0.315. The van der Waals surface area contributed by atoms with Gasteiger partial charge in [-0.25, -0.2) is 4.98 Å². The molecule has 1 aromatic heterocycles. The monoisotopic (exact) mass is 223 g/mol. The van der Waals surface area contributed by atoms with Gasteiger partial charge in [0.25, 0.3) is 0 Å². The topological polar surface area (TPSA) is 56.2 Å². The first-order valence-electron chi connectivity index (χ1n) is 5.43. The number of rotatable bonds is 4. The standard InChI is InChI=1S/C11H17N3O2/c1-11(6-16-7-11)10(15)12-4-3-9-5-14(2)8-13-9/h5,8H,3-4,6-7H2,1-2H3,(H,12,15). The number of hydrogen-bond acceptors (Lipinski definition) is 3. The molecule has 1 aromatic rings. The molecule has 0 unspecified atom stereocenters. The summed E-state index contributed by atoms with van der Waals surface area (Å²) < 4.78 is 6.95. The fraction of sp³-hybridized carbons (Fsp3) is 0.636. The van der Waals surface area contributed by atoms with Crippen molar-refractivity contribution in [2.75, 3.05) is 19.8 Å². The highest BCUT2D eigenvalue weighted by atomic mass is 16.5. The number of carbonyl (C=O) groups excluding carboxylic acids is 1. The lowest BCUT2D eigenvalue weighted by Gasteiger charge is -2.36. The summed E-state index contributed by atoms with van der Waals surface area (Å²) in [4.78, 5) is 15.9. The first kappa shape index (κ1) is 11.1. The second kappa shape index (κ2) is 4.25. The highest BCUT2D eigenvalue weighted by Crippen LogP contribution is 2.26. The third kappa shape index (κ3) is 2.24. The average molecular weight is 223 g/mol. The summed E-state index contributed by atoms with van der Waals surface area (Å²) in [5, 5.41) is 2.91. The summed E-state index contributed by atoms with van der Waals surface area (Å²) in [6.07, 6.45) is 4.49. The molecule has 88 valence electrons. The molecule has 0 aliphatic carbocycles. The third-order valence-corrected chi connectivity index (χ3v) is 2.81. The van der Waals surface area contributed by atoms with E-state index in [9.17, 15) is 4.79 Å². The number of carbonyl (C=O) groups is 1. The molecule has 1 aliphatic rings. The Balaban J connectivity index is 1.74. The number of aryl methyl sites for hydroxylation is 1. The van der Waals surface area contributed by atoms with E-state index in [-0.39, 0.29) is 11.3 Å². The molecule has 0 bridgehead atoms. The fourth-order valence-electron chi connectivity index (χ4n) is 1.65. The van der Waals surface area contributed by atoms with E-state index < -0.39 is 0 Å². The Bertz CT molecular complexity index is 382. The Morgan fingerprint density at radius 3 is 2.94 bits per heavy atom. The van der Waals surface area contributed by atoms with Gasteiger partial charge in [0, 0.05) is 26.2 Å². The molecule has 16 heavy (non-hydrogen) atoms. The Kier molecular flexibility index (Phi) is 2.96. The van der Waals surface area contributed by atoms with Crippen molar-refractivity contribution in [1.82, 2.24) is 14.9 Å². The predicted octanol–water partition coefficient (Wildman–Crippen LogP) is 0.115. The second-order valence-electron chi connectivity index (χ2n) is 4.59. The quantitative estimate of drug-likeness (QED) is 0.788. The van der Waals surface area contributed by atoms with Crippen LogP contribution in [-0.2, 0) is 23.0 Å². The number of amides is 1. The van der Waals surface area contributed by atoms with E-state index in [0.29, 0.717) is 19.8 Å². The highest BCUT2D eigenvalue weighted by molar-refractivity contribution is 5.83. The van der Waals surface area contributed by atoms with Gasteiger partial charge in [-0.05, 0) is 6.92 Å². The van der Waals surface area contributed by atoms with E-state index in [0.717, 1.165) is 12.1 Å². The molecule has 0 spiro atoms. The molecule has 5 heteroatoms. The lowest BCUT2D eigenvalue weighted by Crippen LogP contribution is -2.52. The van der Waals surface area contributed by atoms with Gasteiger partial charge in [-0.1, -0.05) is 0 Å². The van der Waals surface area contributed by atoms with E-state index in [1.807, 2.05) is 24.7 Å². The summed E-state index contributed by atoms with van der Waals surface area (Å²) in [5.74, 6) is 0.0784. The zero-order valence-electron chi connectivity index (χ0n) is 9.69. The van der Waals surface area contributed by atoms with Gasteiger partial charge in [-0.15, -0.1) is 0 Å². The first-order chi connectivity index (χ1) is 7.60. The summed E-state index contributed by atoms with van der Waals surface area (Å²) in [5.41, 5.74) is 0.683. The predicted molar refractivity (Wildman–Crippen MR) is 58.8 cm³/mol. The van der Waals surface area contributed by atoms with E-state index in [2.05, 4.69) is 10.3 Å². The van der Waals surface area contributed by atoms with E-state index in [1.165, 1.54) is 0 Å². The minimum absolute atomic E-state index is 0.0784. The molecule has 0 saturated carbocycles. The van der Waals surface area contributed by atoms with Gasteiger partial charge in [-0.3, -0.25) is 4.79 Å². The van der Waals surface area contributed by atoms with Crippen molar-refractivity contribution in [1.29, 1.82) is 0 Å². The summed E-state index contributed by atoms with van der Waals surface area (Å²) in [7, 11) is 1.93. The van der Waals surface area contributed by atoms with Crippen LogP contribution in [0, 0.1) is 5.41 Å². The Morgan fingerprint density at radius 2 is 2.44 bits per heavy atom. The largest absolute Gasteiger partial charge is 0.379 e. The van der Waals surface area contributed by atoms with Crippen LogP contribution in [0.5, 0.6) is 0 Å². The third-order valence-electron chi connectivity index (χ3n) is 2.81. The van der Waals surface area contributed by atoms with E-state index in [1.54, 1.807) is 6.33 Å². The molecular weight excluding hydrogens is 206 g/mol. The number of nitrogens with one attached hydrogen (secondary N) is 1. The highest BCUT2D eigenvalue weighted by Gasteiger charge is 2.40. The van der Waals surface area contributed by atoms with Gasteiger partial charge >= 0.3 is 0 Å². The van der Waals surface area contributed by atoms with Crippen LogP contribution in [0.2, 0.25) is 0 Å². The lowest BCUT2D eigenvalue weighted by molar-refractivity contribution is -0.157. The van der Waals surface area contributed by atoms with Crippen molar-refractivity contribution in [2.45, 2.75) is 13.3 Å². The molecule has 1 aliphatic heterocycles. The molecule has 1 N–H and O–H groups in total. The zero-order valence-corrected chi connectivity index (χ0v) is 9.69. The maximum Gasteiger partial charge on any atom is 0.230 e. The SMILES string of the molecule is Cn1cnc(CCNC(=O)C2(C)COC2)c1. The van der Waals surface area contributed by atoms with Crippen LogP contribution in [0.25, 0.3) is 0 Å². The molecule has 0 atom stereocenters. The number of nitrogens with zero attached hydrogens (tertiary/aromatic N) is 2. The van der Waals surface area contributed by atoms with Crippen molar-refractivity contribution in [3.63, 3.8) is 0 Å². The first-order valence-corrected chi connectivity index (χ1v) is 5.43. The van der Waals surface area contributed by atoms with Gasteiger partial charge in [-0.2, -0.15) is 0 Å². The Hall–Kier alpha value is -1.36. The number of imidazole rings is 1. The zero-order chi connectivity index (χ0) is 11.6. The number of hydrogen-bond donors (Lipinski definition) is 1. The minimum Gasteiger partial charge on any atom is -0.379 e. The van der Waals surface area contributed by atoms with Crippen molar-refractivity contribution < 1.29 is 9.53 Å². The smallest absolute Gasteiger partial charge is 0.230 e. The fourth-order valence-corrected chi connectivity index (χ4v) is 1.65. The van der Waals surface area contributed by atoms with Gasteiger partial charge in [0.05, 0.1) is 30.7 Å². The number of ether oxygens (including phenoxy) is 1. The van der Waals surface area contributed by atoms with Crippen molar-refractivity contribution in [2.24, 2.45) is 12.5 Å². The van der Waals surface area contributed by atoms with E-state index in [4.69, 9.17) is 4.74 Å². The van der Waals surface area contributed by atoms with Crippen molar-refractivity contribution >= 4 is 5.91 Å². The molecule has 2 heterocycles. The van der Waals surface area contributed by atoms with Crippen molar-refractivity contribution in [3.8, 4) is 0 Å².